The van der Waals surface area contributed by atoms with Gasteiger partial charge in [-0.15, -0.1) is 0 Å². The van der Waals surface area contributed by atoms with Gasteiger partial charge in [0.05, 0.1) is 0 Å². The van der Waals surface area contributed by atoms with E-state index in [4.69, 9.17) is 0 Å². The van der Waals surface area contributed by atoms with Crippen LogP contribution in [-0.4, -0.2) is 5.78 Å². The van der Waals surface area contributed by atoms with Crippen LogP contribution in [0.4, 0.5) is 0 Å². The van der Waals surface area contributed by atoms with Crippen molar-refractivity contribution in [1.82, 2.24) is 0 Å². The van der Waals surface area contributed by atoms with Gasteiger partial charge in [0.15, 0.2) is 5.78 Å². The van der Waals surface area contributed by atoms with E-state index >= 15 is 0 Å². The molecule has 1 nitrogen and oxygen atoms in total. The maximum Gasteiger partial charge on any atom is 0.159 e. The highest BCUT2D eigenvalue weighted by Gasteiger charge is 1.89. The minimum atomic E-state index is -0.0185. The molecule has 0 aromatic rings. The van der Waals surface area contributed by atoms with Gasteiger partial charge in [-0.1, -0.05) is 19.2 Å². The maximum absolute atomic E-state index is 10.2. The molecule has 0 aliphatic carbocycles. The SMILES string of the molecule is C=CC(=C)C(C)=O. The minimum absolute atomic E-state index is 0.0185. The molecule has 38 valence electrons. The zero-order valence-electron chi connectivity index (χ0n) is 4.40. The molecule has 0 aliphatic rings. The lowest BCUT2D eigenvalue weighted by atomic mass is 10.2. The second-order valence-electron chi connectivity index (χ2n) is 1.29. The average Bonchev–Trinajstić information content (AvgIpc) is 1.65. The summed E-state index contributed by atoms with van der Waals surface area (Å²) in [6, 6.07) is 0. The second-order valence-corrected chi connectivity index (χ2v) is 1.29. The van der Waals surface area contributed by atoms with Gasteiger partial charge in [-0.3, -0.25) is 4.79 Å². The molecule has 0 fully saturated rings. The van der Waals surface area contributed by atoms with Crippen molar-refractivity contribution in [3.05, 3.63) is 24.8 Å². The summed E-state index contributed by atoms with van der Waals surface area (Å²) in [6.45, 7) is 8.23. The summed E-state index contributed by atoms with van der Waals surface area (Å²) < 4.78 is 0. The smallest absolute Gasteiger partial charge is 0.159 e. The highest BCUT2D eigenvalue weighted by molar-refractivity contribution is 5.95. The van der Waals surface area contributed by atoms with E-state index < -0.39 is 0 Å². The summed E-state index contributed by atoms with van der Waals surface area (Å²) in [4.78, 5) is 10.2. The van der Waals surface area contributed by atoms with Crippen molar-refractivity contribution < 1.29 is 4.79 Å². The Morgan fingerprint density at radius 2 is 2.14 bits per heavy atom. The van der Waals surface area contributed by atoms with Gasteiger partial charge in [-0.25, -0.2) is 0 Å². The Labute approximate surface area is 43.3 Å². The van der Waals surface area contributed by atoms with Gasteiger partial charge in [0.25, 0.3) is 0 Å². The van der Waals surface area contributed by atoms with Crippen molar-refractivity contribution in [2.24, 2.45) is 0 Å². The van der Waals surface area contributed by atoms with Gasteiger partial charge < -0.3 is 0 Å². The fraction of sp³-hybridized carbons (Fsp3) is 0.167. The van der Waals surface area contributed by atoms with Crippen molar-refractivity contribution >= 4 is 5.78 Å². The summed E-state index contributed by atoms with van der Waals surface area (Å²) in [5, 5.41) is 0. The van der Waals surface area contributed by atoms with Crippen LogP contribution in [0.2, 0.25) is 0 Å². The number of allylic oxidation sites excluding steroid dienone is 2. The molecule has 0 atom stereocenters. The molecule has 0 saturated carbocycles. The topological polar surface area (TPSA) is 17.1 Å². The zero-order chi connectivity index (χ0) is 5.86. The van der Waals surface area contributed by atoms with Crippen LogP contribution in [-0.2, 0) is 4.79 Å². The molecule has 1 heteroatoms. The Morgan fingerprint density at radius 3 is 2.14 bits per heavy atom. The van der Waals surface area contributed by atoms with Gasteiger partial charge >= 0.3 is 0 Å². The lowest BCUT2D eigenvalue weighted by Crippen LogP contribution is -1.88. The lowest BCUT2D eigenvalue weighted by Gasteiger charge is -1.84. The van der Waals surface area contributed by atoms with Crippen molar-refractivity contribution in [3.8, 4) is 0 Å². The van der Waals surface area contributed by atoms with Gasteiger partial charge in [-0.05, 0) is 6.92 Å². The van der Waals surface area contributed by atoms with E-state index in [9.17, 15) is 4.79 Å². The summed E-state index contributed by atoms with van der Waals surface area (Å²) >= 11 is 0. The molecule has 0 amide bonds. The zero-order valence-corrected chi connectivity index (χ0v) is 4.40. The molecule has 0 bridgehead atoms. The first-order chi connectivity index (χ1) is 3.18. The van der Waals surface area contributed by atoms with Crippen LogP contribution in [0.5, 0.6) is 0 Å². The van der Waals surface area contributed by atoms with Gasteiger partial charge in [0, 0.05) is 5.57 Å². The van der Waals surface area contributed by atoms with Crippen LogP contribution in [0.15, 0.2) is 24.8 Å². The maximum atomic E-state index is 10.2. The number of carbonyl (C=O) groups is 1. The van der Waals surface area contributed by atoms with Crippen molar-refractivity contribution in [1.29, 1.82) is 0 Å². The Morgan fingerprint density at radius 1 is 1.71 bits per heavy atom. The molecule has 7 heavy (non-hydrogen) atoms. The summed E-state index contributed by atoms with van der Waals surface area (Å²) in [6.07, 6.45) is 1.45. The first-order valence-electron chi connectivity index (χ1n) is 2.00. The largest absolute Gasteiger partial charge is 0.295 e. The van der Waals surface area contributed by atoms with E-state index in [1.807, 2.05) is 0 Å². The third-order valence-electron chi connectivity index (χ3n) is 0.699. The van der Waals surface area contributed by atoms with Gasteiger partial charge in [0.2, 0.25) is 0 Å². The number of ketones is 1. The van der Waals surface area contributed by atoms with E-state index in [1.165, 1.54) is 13.0 Å². The first-order valence-corrected chi connectivity index (χ1v) is 2.00. The molecule has 0 radical (unpaired) electrons. The van der Waals surface area contributed by atoms with Crippen LogP contribution in [0, 0.1) is 0 Å². The van der Waals surface area contributed by atoms with Crippen LogP contribution in [0.1, 0.15) is 6.92 Å². The molecule has 0 spiro atoms. The molecule has 0 aliphatic heterocycles. The predicted molar refractivity (Wildman–Crippen MR) is 30.0 cm³/mol. The Kier molecular flexibility index (Phi) is 2.06. The Bertz CT molecular complexity index is 111. The number of rotatable bonds is 2. The summed E-state index contributed by atoms with van der Waals surface area (Å²) in [7, 11) is 0. The van der Waals surface area contributed by atoms with Crippen molar-refractivity contribution in [2.45, 2.75) is 6.92 Å². The Balaban J connectivity index is 3.81. The highest BCUT2D eigenvalue weighted by Crippen LogP contribution is 1.89. The number of Topliss-reactive ketones (excluding diaryl/α,β-unsaturated/α-hetero) is 1. The standard InChI is InChI=1S/C6H8O/c1-4-5(2)6(3)7/h4H,1-2H2,3H3. The van der Waals surface area contributed by atoms with E-state index in [1.54, 1.807) is 0 Å². The Hall–Kier alpha value is -0.850. The van der Waals surface area contributed by atoms with Crippen LogP contribution in [0.25, 0.3) is 0 Å². The molecule has 0 rings (SSSR count). The summed E-state index contributed by atoms with van der Waals surface area (Å²) in [5.41, 5.74) is 0.472. The minimum Gasteiger partial charge on any atom is -0.295 e. The molecular weight excluding hydrogens is 88.1 g/mol. The van der Waals surface area contributed by atoms with E-state index in [0.717, 1.165) is 0 Å². The third kappa shape index (κ3) is 1.93. The molecule has 0 saturated heterocycles. The van der Waals surface area contributed by atoms with Gasteiger partial charge in [0.1, 0.15) is 0 Å². The van der Waals surface area contributed by atoms with Gasteiger partial charge in [-0.2, -0.15) is 0 Å². The average molecular weight is 96.1 g/mol. The summed E-state index contributed by atoms with van der Waals surface area (Å²) in [5.74, 6) is -0.0185. The second kappa shape index (κ2) is 2.35. The van der Waals surface area contributed by atoms with Crippen molar-refractivity contribution in [2.75, 3.05) is 0 Å². The van der Waals surface area contributed by atoms with Crippen molar-refractivity contribution in [3.63, 3.8) is 0 Å². The molecule has 0 N–H and O–H groups in total. The molecule has 0 heterocycles. The normalized spacial score (nSPS) is 7.57. The highest BCUT2D eigenvalue weighted by atomic mass is 16.1. The fourth-order valence-corrected chi connectivity index (χ4v) is 0.144. The van der Waals surface area contributed by atoms with E-state index in [2.05, 4.69) is 13.2 Å². The molecule has 0 aromatic heterocycles. The first kappa shape index (κ1) is 6.15. The quantitative estimate of drug-likeness (QED) is 0.374. The third-order valence-corrected chi connectivity index (χ3v) is 0.699. The number of hydrogen-bond acceptors (Lipinski definition) is 1. The van der Waals surface area contributed by atoms with Crippen LogP contribution >= 0.6 is 0 Å². The van der Waals surface area contributed by atoms with Crippen LogP contribution < -0.4 is 0 Å². The lowest BCUT2D eigenvalue weighted by molar-refractivity contribution is -0.113. The van der Waals surface area contributed by atoms with E-state index in [-0.39, 0.29) is 5.78 Å². The predicted octanol–water partition coefficient (Wildman–Crippen LogP) is 1.32. The fourth-order valence-electron chi connectivity index (χ4n) is 0.144. The molecule has 0 unspecified atom stereocenters. The molecular formula is C6H8O. The molecule has 0 aromatic carbocycles. The monoisotopic (exact) mass is 96.1 g/mol. The number of hydrogen-bond donors (Lipinski definition) is 0. The number of carbonyl (C=O) groups excluding carboxylic acids is 1. The van der Waals surface area contributed by atoms with E-state index in [0.29, 0.717) is 5.57 Å². The van der Waals surface area contributed by atoms with Crippen LogP contribution in [0.3, 0.4) is 0 Å².